The van der Waals surface area contributed by atoms with Crippen molar-refractivity contribution in [3.05, 3.63) is 35.6 Å². The quantitative estimate of drug-likeness (QED) is 0.769. The van der Waals surface area contributed by atoms with E-state index < -0.39 is 29.8 Å². The number of benzene rings is 1. The van der Waals surface area contributed by atoms with Crippen LogP contribution in [0.1, 0.15) is 5.56 Å². The van der Waals surface area contributed by atoms with Gasteiger partial charge in [0.25, 0.3) is 0 Å². The predicted molar refractivity (Wildman–Crippen MR) is 44.3 cm³/mol. The number of alkyl halides is 4. The lowest BCUT2D eigenvalue weighted by Crippen LogP contribution is -2.44. The zero-order valence-electron chi connectivity index (χ0n) is 7.48. The first-order chi connectivity index (χ1) is 6.81. The molecule has 0 bridgehead atoms. The first-order valence-electron chi connectivity index (χ1n) is 4.03. The van der Waals surface area contributed by atoms with Gasteiger partial charge in [-0.2, -0.15) is 13.2 Å². The summed E-state index contributed by atoms with van der Waals surface area (Å²) >= 11 is 0. The molecule has 0 radical (unpaired) electrons. The van der Waals surface area contributed by atoms with Gasteiger partial charge in [-0.15, -0.1) is 0 Å². The Morgan fingerprint density at radius 2 is 1.47 bits per heavy atom. The summed E-state index contributed by atoms with van der Waals surface area (Å²) in [6.07, 6.45) is -5.11. The topological polar surface area (TPSA) is 26.0 Å². The average Bonchev–Trinajstić information content (AvgIpc) is 2.16. The van der Waals surface area contributed by atoms with Crippen LogP contribution in [-0.4, -0.2) is 12.7 Å². The molecule has 1 rings (SSSR count). The van der Waals surface area contributed by atoms with Crippen molar-refractivity contribution in [2.75, 3.05) is 6.54 Å². The van der Waals surface area contributed by atoms with Crippen LogP contribution in [-0.2, 0) is 5.67 Å². The molecule has 0 amide bonds. The van der Waals surface area contributed by atoms with Crippen LogP contribution in [0.3, 0.4) is 0 Å². The van der Waals surface area contributed by atoms with Crippen LogP contribution in [0.5, 0.6) is 0 Å². The van der Waals surface area contributed by atoms with Gasteiger partial charge in [-0.05, 0) is 17.7 Å². The van der Waals surface area contributed by atoms with Crippen molar-refractivity contribution in [3.8, 4) is 0 Å². The Labute approximate surface area is 82.7 Å². The van der Waals surface area contributed by atoms with E-state index in [4.69, 9.17) is 5.73 Å². The fourth-order valence-electron chi connectivity index (χ4n) is 1.11. The molecule has 0 heterocycles. The summed E-state index contributed by atoms with van der Waals surface area (Å²) in [7, 11) is 0. The molecule has 1 unspecified atom stereocenters. The lowest BCUT2D eigenvalue weighted by Gasteiger charge is -2.26. The molecule has 0 saturated heterocycles. The maximum absolute atomic E-state index is 13.5. The first kappa shape index (κ1) is 11.9. The van der Waals surface area contributed by atoms with Gasteiger partial charge in [-0.1, -0.05) is 12.1 Å². The van der Waals surface area contributed by atoms with Crippen molar-refractivity contribution in [1.82, 2.24) is 0 Å². The highest BCUT2D eigenvalue weighted by molar-refractivity contribution is 5.25. The van der Waals surface area contributed by atoms with Crippen LogP contribution in [0.4, 0.5) is 22.0 Å². The molecule has 15 heavy (non-hydrogen) atoms. The summed E-state index contributed by atoms with van der Waals surface area (Å²) in [5.41, 5.74) is 0.455. The molecule has 0 aromatic heterocycles. The molecular weight excluding hydrogens is 217 g/mol. The van der Waals surface area contributed by atoms with Gasteiger partial charge in [0.15, 0.2) is 0 Å². The lowest BCUT2D eigenvalue weighted by atomic mass is 9.95. The standard InChI is InChI=1S/C9H8F5N/c10-7-3-1-6(2-4-7)8(11,5-15)9(12,13)14/h1-4H,5,15H2. The van der Waals surface area contributed by atoms with Gasteiger partial charge in [-0.3, -0.25) is 0 Å². The van der Waals surface area contributed by atoms with Crippen LogP contribution in [0.25, 0.3) is 0 Å². The van der Waals surface area contributed by atoms with Gasteiger partial charge in [0.05, 0.1) is 0 Å². The summed E-state index contributed by atoms with van der Waals surface area (Å²) in [5, 5.41) is 0. The minimum absolute atomic E-state index is 0.695. The van der Waals surface area contributed by atoms with Crippen LogP contribution < -0.4 is 5.73 Å². The summed E-state index contributed by atoms with van der Waals surface area (Å²) in [6.45, 7) is -1.23. The first-order valence-corrected chi connectivity index (χ1v) is 4.03. The zero-order chi connectivity index (χ0) is 11.7. The molecule has 0 saturated carbocycles. The van der Waals surface area contributed by atoms with Crippen molar-refractivity contribution in [2.45, 2.75) is 11.8 Å². The Morgan fingerprint density at radius 3 is 1.80 bits per heavy atom. The van der Waals surface area contributed by atoms with Gasteiger partial charge in [0.1, 0.15) is 5.82 Å². The third kappa shape index (κ3) is 2.09. The average molecular weight is 225 g/mol. The second kappa shape index (κ2) is 3.77. The smallest absolute Gasteiger partial charge is 0.327 e. The van der Waals surface area contributed by atoms with E-state index in [0.29, 0.717) is 0 Å². The van der Waals surface area contributed by atoms with Gasteiger partial charge in [0, 0.05) is 6.54 Å². The minimum atomic E-state index is -5.11. The van der Waals surface area contributed by atoms with E-state index in [-0.39, 0.29) is 0 Å². The van der Waals surface area contributed by atoms with Gasteiger partial charge < -0.3 is 5.73 Å². The van der Waals surface area contributed by atoms with E-state index in [2.05, 4.69) is 0 Å². The summed E-state index contributed by atoms with van der Waals surface area (Å²) < 4.78 is 63.0. The number of nitrogens with two attached hydrogens (primary N) is 1. The van der Waals surface area contributed by atoms with E-state index in [1.807, 2.05) is 0 Å². The maximum Gasteiger partial charge on any atom is 0.428 e. The summed E-state index contributed by atoms with van der Waals surface area (Å²) in [6, 6.07) is 2.97. The van der Waals surface area contributed by atoms with Crippen molar-refractivity contribution >= 4 is 0 Å². The van der Waals surface area contributed by atoms with E-state index in [9.17, 15) is 22.0 Å². The van der Waals surface area contributed by atoms with Crippen molar-refractivity contribution in [1.29, 1.82) is 0 Å². The highest BCUT2D eigenvalue weighted by atomic mass is 19.4. The monoisotopic (exact) mass is 225 g/mol. The van der Waals surface area contributed by atoms with E-state index in [1.165, 1.54) is 0 Å². The third-order valence-electron chi connectivity index (χ3n) is 2.03. The highest BCUT2D eigenvalue weighted by Gasteiger charge is 2.56. The molecule has 84 valence electrons. The van der Waals surface area contributed by atoms with Crippen LogP contribution in [0.2, 0.25) is 0 Å². The molecular formula is C9H8F5N. The molecule has 0 fully saturated rings. The Hall–Kier alpha value is -1.17. The number of halogens is 5. The van der Waals surface area contributed by atoms with E-state index >= 15 is 0 Å². The van der Waals surface area contributed by atoms with Gasteiger partial charge in [-0.25, -0.2) is 8.78 Å². The SMILES string of the molecule is NCC(F)(c1ccc(F)cc1)C(F)(F)F. The number of hydrogen-bond donors (Lipinski definition) is 1. The van der Waals surface area contributed by atoms with E-state index in [1.54, 1.807) is 0 Å². The van der Waals surface area contributed by atoms with E-state index in [0.717, 1.165) is 24.3 Å². The molecule has 6 heteroatoms. The molecule has 1 atom stereocenters. The van der Waals surface area contributed by atoms with Gasteiger partial charge in [0.2, 0.25) is 5.67 Å². The normalized spacial score (nSPS) is 16.1. The molecule has 1 nitrogen and oxygen atoms in total. The second-order valence-corrected chi connectivity index (χ2v) is 3.01. The predicted octanol–water partition coefficient (Wildman–Crippen LogP) is 2.51. The van der Waals surface area contributed by atoms with Crippen LogP contribution in [0, 0.1) is 5.82 Å². The summed E-state index contributed by atoms with van der Waals surface area (Å²) in [5.74, 6) is -0.736. The molecule has 0 spiro atoms. The fraction of sp³-hybridized carbons (Fsp3) is 0.333. The fourth-order valence-corrected chi connectivity index (χ4v) is 1.11. The molecule has 1 aromatic carbocycles. The third-order valence-corrected chi connectivity index (χ3v) is 2.03. The Bertz CT molecular complexity index is 331. The number of hydrogen-bond acceptors (Lipinski definition) is 1. The molecule has 0 aliphatic carbocycles. The zero-order valence-corrected chi connectivity index (χ0v) is 7.48. The Kier molecular flexibility index (Phi) is 2.99. The van der Waals surface area contributed by atoms with Crippen molar-refractivity contribution < 1.29 is 22.0 Å². The second-order valence-electron chi connectivity index (χ2n) is 3.01. The Morgan fingerprint density at radius 1 is 1.00 bits per heavy atom. The van der Waals surface area contributed by atoms with Crippen LogP contribution in [0.15, 0.2) is 24.3 Å². The maximum atomic E-state index is 13.5. The number of rotatable bonds is 2. The molecule has 0 aliphatic heterocycles. The lowest BCUT2D eigenvalue weighted by molar-refractivity contribution is -0.231. The molecule has 1 aromatic rings. The molecule has 2 N–H and O–H groups in total. The van der Waals surface area contributed by atoms with Crippen molar-refractivity contribution in [3.63, 3.8) is 0 Å². The molecule has 0 aliphatic rings. The van der Waals surface area contributed by atoms with Crippen LogP contribution >= 0.6 is 0 Å². The van der Waals surface area contributed by atoms with Gasteiger partial charge >= 0.3 is 6.18 Å². The largest absolute Gasteiger partial charge is 0.428 e. The Balaban J connectivity index is 3.18. The summed E-state index contributed by atoms with van der Waals surface area (Å²) in [4.78, 5) is 0. The van der Waals surface area contributed by atoms with Crippen molar-refractivity contribution in [2.24, 2.45) is 5.73 Å². The minimum Gasteiger partial charge on any atom is -0.327 e. The highest BCUT2D eigenvalue weighted by Crippen LogP contribution is 2.41.